The first kappa shape index (κ1) is 19.4. The Balaban J connectivity index is 1.76. The number of ether oxygens (including phenoxy) is 1. The first-order valence-corrected chi connectivity index (χ1v) is 9.68. The van der Waals surface area contributed by atoms with Crippen LogP contribution in [0.25, 0.3) is 0 Å². The minimum Gasteiger partial charge on any atom is -0.486 e. The van der Waals surface area contributed by atoms with Crippen LogP contribution in [0.3, 0.4) is 0 Å². The molecule has 2 amide bonds. The average Bonchev–Trinajstić information content (AvgIpc) is 3.10. The predicted octanol–water partition coefficient (Wildman–Crippen LogP) is 2.16. The lowest BCUT2D eigenvalue weighted by atomic mass is 9.86. The molecule has 1 aliphatic heterocycles. The highest BCUT2D eigenvalue weighted by Gasteiger charge is 2.39. The Kier molecular flexibility index (Phi) is 5.24. The third kappa shape index (κ3) is 3.58. The van der Waals surface area contributed by atoms with Gasteiger partial charge in [-0.25, -0.2) is 4.39 Å². The Labute approximate surface area is 168 Å². The molecule has 6 nitrogen and oxygen atoms in total. The minimum atomic E-state index is -0.768. The van der Waals surface area contributed by atoms with Crippen molar-refractivity contribution in [2.45, 2.75) is 37.0 Å². The van der Waals surface area contributed by atoms with E-state index < -0.39 is 24.6 Å². The Morgan fingerprint density at radius 3 is 2.52 bits per heavy atom. The topological polar surface area (TPSA) is 87.7 Å². The van der Waals surface area contributed by atoms with E-state index in [1.54, 1.807) is 6.07 Å². The van der Waals surface area contributed by atoms with E-state index in [2.05, 4.69) is 10.6 Å². The number of nitrogens with one attached hydrogen (secondary N) is 2. The van der Waals surface area contributed by atoms with Crippen LogP contribution in [0.4, 0.5) is 4.39 Å². The van der Waals surface area contributed by atoms with E-state index in [0.717, 1.165) is 5.56 Å². The van der Waals surface area contributed by atoms with Crippen molar-refractivity contribution in [3.05, 3.63) is 64.7 Å². The number of carbonyl (C=O) groups excluding carboxylic acids is 2. The number of hydrogen-bond acceptors (Lipinski definition) is 4. The average molecular weight is 398 g/mol. The summed E-state index contributed by atoms with van der Waals surface area (Å²) >= 11 is 0. The molecular formula is C22H23FN2O4. The third-order valence-corrected chi connectivity index (χ3v) is 5.59. The molecule has 1 fully saturated rings. The number of aliphatic hydroxyl groups is 1. The summed E-state index contributed by atoms with van der Waals surface area (Å²) in [6.45, 7) is -0.719. The van der Waals surface area contributed by atoms with Gasteiger partial charge in [0.05, 0.1) is 17.6 Å². The van der Waals surface area contributed by atoms with Gasteiger partial charge in [0.1, 0.15) is 18.5 Å². The van der Waals surface area contributed by atoms with Crippen molar-refractivity contribution in [2.24, 2.45) is 0 Å². The second-order valence-corrected chi connectivity index (χ2v) is 7.52. The van der Waals surface area contributed by atoms with Gasteiger partial charge in [-0.2, -0.15) is 0 Å². The number of halogens is 1. The minimum absolute atomic E-state index is 0.0889. The van der Waals surface area contributed by atoms with Gasteiger partial charge in [0.15, 0.2) is 0 Å². The fourth-order valence-corrected chi connectivity index (χ4v) is 4.02. The largest absolute Gasteiger partial charge is 0.486 e. The van der Waals surface area contributed by atoms with Gasteiger partial charge < -0.3 is 20.5 Å². The zero-order valence-electron chi connectivity index (χ0n) is 16.0. The van der Waals surface area contributed by atoms with Crippen molar-refractivity contribution >= 4 is 11.8 Å². The number of benzene rings is 2. The zero-order chi connectivity index (χ0) is 20.5. The summed E-state index contributed by atoms with van der Waals surface area (Å²) < 4.78 is 19.6. The monoisotopic (exact) mass is 398 g/mol. The number of carbonyl (C=O) groups is 2. The molecule has 0 radical (unpaired) electrons. The summed E-state index contributed by atoms with van der Waals surface area (Å²) in [4.78, 5) is 25.2. The van der Waals surface area contributed by atoms with Gasteiger partial charge in [-0.3, -0.25) is 9.59 Å². The number of amides is 2. The molecule has 4 rings (SSSR count). The van der Waals surface area contributed by atoms with Crippen LogP contribution in [-0.2, 0) is 0 Å². The van der Waals surface area contributed by atoms with Gasteiger partial charge in [-0.15, -0.1) is 0 Å². The van der Waals surface area contributed by atoms with Crippen LogP contribution in [-0.4, -0.2) is 48.9 Å². The predicted molar refractivity (Wildman–Crippen MR) is 105 cm³/mol. The maximum absolute atomic E-state index is 13.8. The maximum Gasteiger partial charge on any atom is 0.254 e. The lowest BCUT2D eigenvalue weighted by Crippen LogP contribution is -2.46. The van der Waals surface area contributed by atoms with E-state index in [9.17, 15) is 19.1 Å². The van der Waals surface area contributed by atoms with Gasteiger partial charge in [-0.05, 0) is 30.5 Å². The van der Waals surface area contributed by atoms with E-state index in [-0.39, 0.29) is 23.6 Å². The molecule has 2 aromatic carbocycles. The zero-order valence-corrected chi connectivity index (χ0v) is 16.0. The van der Waals surface area contributed by atoms with Crippen molar-refractivity contribution < 1.29 is 23.8 Å². The lowest BCUT2D eigenvalue weighted by Gasteiger charge is -2.32. The van der Waals surface area contributed by atoms with Crippen molar-refractivity contribution in [1.29, 1.82) is 0 Å². The summed E-state index contributed by atoms with van der Waals surface area (Å²) in [5.74, 6) is -0.832. The molecule has 3 N–H and O–H groups in total. The van der Waals surface area contributed by atoms with Crippen LogP contribution < -0.4 is 15.4 Å². The number of aliphatic hydroxyl groups excluding tert-OH is 1. The van der Waals surface area contributed by atoms with Crippen molar-refractivity contribution in [2.75, 3.05) is 13.7 Å². The summed E-state index contributed by atoms with van der Waals surface area (Å²) in [7, 11) is 1.49. The Hall–Kier alpha value is -2.93. The SMILES string of the molecule is CNC(=O)c1cc(C(=O)NC2CC(O)C2)cc2c1O[C@H](CF)[C@H]2c1ccccc1. The third-order valence-electron chi connectivity index (χ3n) is 5.59. The molecule has 0 bridgehead atoms. The van der Waals surface area contributed by atoms with Crippen LogP contribution >= 0.6 is 0 Å². The molecule has 2 atom stereocenters. The lowest BCUT2D eigenvalue weighted by molar-refractivity contribution is 0.0562. The van der Waals surface area contributed by atoms with E-state index in [4.69, 9.17) is 4.74 Å². The molecule has 2 aromatic rings. The van der Waals surface area contributed by atoms with Crippen molar-refractivity contribution in [1.82, 2.24) is 10.6 Å². The van der Waals surface area contributed by atoms with Crippen LogP contribution in [0.2, 0.25) is 0 Å². The van der Waals surface area contributed by atoms with Crippen LogP contribution in [0.1, 0.15) is 50.6 Å². The normalized spacial score (nSPS) is 24.8. The fraction of sp³-hybridized carbons (Fsp3) is 0.364. The molecule has 1 heterocycles. The number of hydrogen-bond donors (Lipinski definition) is 3. The van der Waals surface area contributed by atoms with Gasteiger partial charge >= 0.3 is 0 Å². The summed E-state index contributed by atoms with van der Waals surface area (Å²) in [6, 6.07) is 12.4. The van der Waals surface area contributed by atoms with Gasteiger partial charge in [0.25, 0.3) is 11.8 Å². The van der Waals surface area contributed by atoms with E-state index in [0.29, 0.717) is 29.7 Å². The second kappa shape index (κ2) is 7.83. The molecule has 0 spiro atoms. The first-order chi connectivity index (χ1) is 14.0. The van der Waals surface area contributed by atoms with Crippen LogP contribution in [0.15, 0.2) is 42.5 Å². The van der Waals surface area contributed by atoms with Gasteiger partial charge in [0.2, 0.25) is 0 Å². The van der Waals surface area contributed by atoms with E-state index in [1.165, 1.54) is 13.1 Å². The summed E-state index contributed by atoms with van der Waals surface area (Å²) in [5, 5.41) is 14.9. The first-order valence-electron chi connectivity index (χ1n) is 9.68. The number of rotatable bonds is 5. The Bertz CT molecular complexity index is 928. The molecule has 152 valence electrons. The molecule has 0 aromatic heterocycles. The van der Waals surface area contributed by atoms with Crippen molar-refractivity contribution in [3.63, 3.8) is 0 Å². The number of fused-ring (bicyclic) bond motifs is 1. The van der Waals surface area contributed by atoms with E-state index >= 15 is 0 Å². The molecule has 0 unspecified atom stereocenters. The highest BCUT2D eigenvalue weighted by molar-refractivity contribution is 6.02. The van der Waals surface area contributed by atoms with Crippen LogP contribution in [0, 0.1) is 0 Å². The highest BCUT2D eigenvalue weighted by atomic mass is 19.1. The Morgan fingerprint density at radius 1 is 1.17 bits per heavy atom. The standard InChI is InChI=1S/C22H23FN2O4/c1-24-22(28)17-8-13(21(27)25-14-9-15(26)10-14)7-16-19(12-5-3-2-4-6-12)18(11-23)29-20(16)17/h2-8,14-15,18-19,26H,9-11H2,1H3,(H,24,28)(H,25,27)/t14?,15?,18-,19+/m1/s1. The van der Waals surface area contributed by atoms with Crippen molar-refractivity contribution in [3.8, 4) is 5.75 Å². The highest BCUT2D eigenvalue weighted by Crippen LogP contribution is 2.45. The molecule has 29 heavy (non-hydrogen) atoms. The fourth-order valence-electron chi connectivity index (χ4n) is 4.02. The van der Waals surface area contributed by atoms with Crippen LogP contribution in [0.5, 0.6) is 5.75 Å². The molecule has 2 aliphatic rings. The molecule has 1 aliphatic carbocycles. The van der Waals surface area contributed by atoms with E-state index in [1.807, 2.05) is 30.3 Å². The maximum atomic E-state index is 13.8. The smallest absolute Gasteiger partial charge is 0.254 e. The summed E-state index contributed by atoms with van der Waals surface area (Å²) in [5.41, 5.74) is 2.00. The number of alkyl halides is 1. The molecular weight excluding hydrogens is 375 g/mol. The van der Waals surface area contributed by atoms with Gasteiger partial charge in [-0.1, -0.05) is 30.3 Å². The quantitative estimate of drug-likeness (QED) is 0.720. The Morgan fingerprint density at radius 2 is 1.90 bits per heavy atom. The molecule has 0 saturated heterocycles. The molecule has 7 heteroatoms. The summed E-state index contributed by atoms with van der Waals surface area (Å²) in [6.07, 6.45) is -0.129. The molecule has 1 saturated carbocycles. The second-order valence-electron chi connectivity index (χ2n) is 7.52. The van der Waals surface area contributed by atoms with Gasteiger partial charge in [0, 0.05) is 24.2 Å².